The average Bonchev–Trinajstić information content (AvgIpc) is 2.88. The van der Waals surface area contributed by atoms with Gasteiger partial charge in [-0.15, -0.1) is 0 Å². The van der Waals surface area contributed by atoms with Gasteiger partial charge in [0.1, 0.15) is 11.6 Å². The van der Waals surface area contributed by atoms with Gasteiger partial charge in [-0.1, -0.05) is 0 Å². The van der Waals surface area contributed by atoms with Gasteiger partial charge in [-0.3, -0.25) is 4.79 Å². The molecule has 0 bridgehead atoms. The van der Waals surface area contributed by atoms with Crippen molar-refractivity contribution in [1.29, 1.82) is 0 Å². The van der Waals surface area contributed by atoms with Gasteiger partial charge in [0.15, 0.2) is 18.2 Å². The molecule has 0 aromatic heterocycles. The first-order valence-electron chi connectivity index (χ1n) is 8.39. The molecule has 0 unspecified atom stereocenters. The van der Waals surface area contributed by atoms with E-state index in [4.69, 9.17) is 4.74 Å². The second kappa shape index (κ2) is 8.12. The molecule has 1 saturated heterocycles. The van der Waals surface area contributed by atoms with E-state index in [1.807, 2.05) is 0 Å². The molecule has 2 aromatic rings. The van der Waals surface area contributed by atoms with E-state index in [0.717, 1.165) is 30.8 Å². The fourth-order valence-corrected chi connectivity index (χ4v) is 2.90. The summed E-state index contributed by atoms with van der Waals surface area (Å²) in [5.41, 5.74) is 0.908. The Morgan fingerprint density at radius 2 is 1.65 bits per heavy atom. The summed E-state index contributed by atoms with van der Waals surface area (Å²) in [4.78, 5) is 16.1. The van der Waals surface area contributed by atoms with Gasteiger partial charge in [-0.05, 0) is 42.8 Å². The minimum absolute atomic E-state index is 0.150. The highest BCUT2D eigenvalue weighted by Gasteiger charge is 2.20. The standard InChI is InChI=1S/C19H19F3N2O2/c20-14-2-5-16(6-3-14)23-8-1-9-24(11-10-23)19(25)13-26-18-7-4-15(21)12-17(18)22/h2-7,12H,1,8-11,13H2. The second-order valence-corrected chi connectivity index (χ2v) is 6.06. The molecule has 1 fully saturated rings. The molecule has 138 valence electrons. The minimum atomic E-state index is -0.837. The number of carbonyl (C=O) groups excluding carboxylic acids is 1. The van der Waals surface area contributed by atoms with Crippen molar-refractivity contribution in [2.24, 2.45) is 0 Å². The van der Waals surface area contributed by atoms with Gasteiger partial charge in [0.2, 0.25) is 0 Å². The molecule has 4 nitrogen and oxygen atoms in total. The Bertz CT molecular complexity index is 768. The van der Waals surface area contributed by atoms with E-state index in [1.54, 1.807) is 17.0 Å². The molecule has 0 aliphatic carbocycles. The van der Waals surface area contributed by atoms with Crippen molar-refractivity contribution in [2.75, 3.05) is 37.7 Å². The smallest absolute Gasteiger partial charge is 0.260 e. The van der Waals surface area contributed by atoms with Crippen molar-refractivity contribution in [3.8, 4) is 5.75 Å². The molecule has 1 heterocycles. The van der Waals surface area contributed by atoms with E-state index in [0.29, 0.717) is 25.7 Å². The molecule has 3 rings (SSSR count). The second-order valence-electron chi connectivity index (χ2n) is 6.06. The molecular formula is C19H19F3N2O2. The first kappa shape index (κ1) is 18.1. The highest BCUT2D eigenvalue weighted by Crippen LogP contribution is 2.19. The van der Waals surface area contributed by atoms with Gasteiger partial charge in [-0.25, -0.2) is 13.2 Å². The fraction of sp³-hybridized carbons (Fsp3) is 0.316. The topological polar surface area (TPSA) is 32.8 Å². The van der Waals surface area contributed by atoms with Crippen molar-refractivity contribution in [3.63, 3.8) is 0 Å². The van der Waals surface area contributed by atoms with Crippen molar-refractivity contribution < 1.29 is 22.7 Å². The van der Waals surface area contributed by atoms with E-state index in [9.17, 15) is 18.0 Å². The number of ether oxygens (including phenoxy) is 1. The van der Waals surface area contributed by atoms with Crippen LogP contribution in [0.25, 0.3) is 0 Å². The average molecular weight is 364 g/mol. The third-order valence-corrected chi connectivity index (χ3v) is 4.29. The van der Waals surface area contributed by atoms with Crippen LogP contribution in [-0.2, 0) is 4.79 Å². The van der Waals surface area contributed by atoms with E-state index < -0.39 is 11.6 Å². The van der Waals surface area contributed by atoms with Crippen LogP contribution in [-0.4, -0.2) is 43.6 Å². The molecule has 0 radical (unpaired) electrons. The number of anilines is 1. The number of hydrogen-bond donors (Lipinski definition) is 0. The molecule has 7 heteroatoms. The Morgan fingerprint density at radius 3 is 2.38 bits per heavy atom. The number of rotatable bonds is 4. The molecular weight excluding hydrogens is 345 g/mol. The monoisotopic (exact) mass is 364 g/mol. The summed E-state index contributed by atoms with van der Waals surface area (Å²) < 4.78 is 44.7. The third kappa shape index (κ3) is 4.47. The highest BCUT2D eigenvalue weighted by atomic mass is 19.1. The van der Waals surface area contributed by atoms with Crippen LogP contribution in [0.1, 0.15) is 6.42 Å². The van der Waals surface area contributed by atoms with Crippen molar-refractivity contribution >= 4 is 11.6 Å². The molecule has 2 aromatic carbocycles. The first-order chi connectivity index (χ1) is 12.5. The number of benzene rings is 2. The Morgan fingerprint density at radius 1 is 0.923 bits per heavy atom. The fourth-order valence-electron chi connectivity index (χ4n) is 2.90. The lowest BCUT2D eigenvalue weighted by Gasteiger charge is -2.23. The molecule has 0 saturated carbocycles. The normalized spacial score (nSPS) is 14.9. The van der Waals surface area contributed by atoms with Gasteiger partial charge in [0, 0.05) is 37.9 Å². The summed E-state index contributed by atoms with van der Waals surface area (Å²) in [7, 11) is 0. The summed E-state index contributed by atoms with van der Waals surface area (Å²) in [5, 5.41) is 0. The van der Waals surface area contributed by atoms with Gasteiger partial charge in [0.05, 0.1) is 0 Å². The largest absolute Gasteiger partial charge is 0.481 e. The lowest BCUT2D eigenvalue weighted by atomic mass is 10.2. The molecule has 26 heavy (non-hydrogen) atoms. The maximum Gasteiger partial charge on any atom is 0.260 e. The van der Waals surface area contributed by atoms with Crippen LogP contribution >= 0.6 is 0 Å². The molecule has 0 spiro atoms. The number of halogens is 3. The van der Waals surface area contributed by atoms with Crippen LogP contribution in [0.15, 0.2) is 42.5 Å². The molecule has 1 aliphatic rings. The van der Waals surface area contributed by atoms with Crippen LogP contribution in [0.5, 0.6) is 5.75 Å². The first-order valence-corrected chi connectivity index (χ1v) is 8.39. The number of hydrogen-bond acceptors (Lipinski definition) is 3. The lowest BCUT2D eigenvalue weighted by Crippen LogP contribution is -2.38. The Kier molecular flexibility index (Phi) is 5.65. The molecule has 1 amide bonds. The molecule has 1 aliphatic heterocycles. The summed E-state index contributed by atoms with van der Waals surface area (Å²) in [6.07, 6.45) is 0.758. The zero-order valence-electron chi connectivity index (χ0n) is 14.1. The van der Waals surface area contributed by atoms with Crippen molar-refractivity contribution in [3.05, 3.63) is 59.9 Å². The van der Waals surface area contributed by atoms with E-state index in [1.165, 1.54) is 12.1 Å². The summed E-state index contributed by atoms with van der Waals surface area (Å²) in [6, 6.07) is 9.21. The Balaban J connectivity index is 1.54. The Hall–Kier alpha value is -2.70. The van der Waals surface area contributed by atoms with E-state index in [-0.39, 0.29) is 24.1 Å². The predicted octanol–water partition coefficient (Wildman–Crippen LogP) is 3.22. The van der Waals surface area contributed by atoms with Crippen LogP contribution < -0.4 is 9.64 Å². The van der Waals surface area contributed by atoms with Crippen LogP contribution in [0.3, 0.4) is 0 Å². The Labute approximate surface area is 149 Å². The van der Waals surface area contributed by atoms with Crippen LogP contribution in [0, 0.1) is 17.5 Å². The third-order valence-electron chi connectivity index (χ3n) is 4.29. The van der Waals surface area contributed by atoms with E-state index in [2.05, 4.69) is 4.90 Å². The molecule has 0 atom stereocenters. The minimum Gasteiger partial charge on any atom is -0.481 e. The van der Waals surface area contributed by atoms with Crippen LogP contribution in [0.4, 0.5) is 18.9 Å². The summed E-state index contributed by atoms with van der Waals surface area (Å²) in [6.45, 7) is 2.11. The maximum absolute atomic E-state index is 13.6. The highest BCUT2D eigenvalue weighted by molar-refractivity contribution is 5.78. The van der Waals surface area contributed by atoms with Gasteiger partial charge in [-0.2, -0.15) is 0 Å². The SMILES string of the molecule is O=C(COc1ccc(F)cc1F)N1CCCN(c2ccc(F)cc2)CC1. The number of nitrogens with zero attached hydrogens (tertiary/aromatic N) is 2. The summed E-state index contributed by atoms with van der Waals surface area (Å²) in [5.74, 6) is -2.23. The quantitative estimate of drug-likeness (QED) is 0.835. The zero-order valence-corrected chi connectivity index (χ0v) is 14.1. The van der Waals surface area contributed by atoms with Crippen molar-refractivity contribution in [2.45, 2.75) is 6.42 Å². The lowest BCUT2D eigenvalue weighted by molar-refractivity contribution is -0.133. The van der Waals surface area contributed by atoms with Gasteiger partial charge >= 0.3 is 0 Å². The number of amides is 1. The van der Waals surface area contributed by atoms with Gasteiger partial charge in [0.25, 0.3) is 5.91 Å². The van der Waals surface area contributed by atoms with Crippen LogP contribution in [0.2, 0.25) is 0 Å². The maximum atomic E-state index is 13.6. The summed E-state index contributed by atoms with van der Waals surface area (Å²) >= 11 is 0. The number of carbonyl (C=O) groups is 1. The van der Waals surface area contributed by atoms with Gasteiger partial charge < -0.3 is 14.5 Å². The van der Waals surface area contributed by atoms with Crippen molar-refractivity contribution in [1.82, 2.24) is 4.90 Å². The van der Waals surface area contributed by atoms with E-state index >= 15 is 0 Å². The predicted molar refractivity (Wildman–Crippen MR) is 91.7 cm³/mol. The zero-order chi connectivity index (χ0) is 18.5. The molecule has 0 N–H and O–H groups in total.